The van der Waals surface area contributed by atoms with Crippen molar-refractivity contribution < 1.29 is 9.53 Å². The summed E-state index contributed by atoms with van der Waals surface area (Å²) in [5, 5.41) is 11.9. The van der Waals surface area contributed by atoms with E-state index in [0.717, 1.165) is 5.01 Å². The molecule has 0 aliphatic rings. The summed E-state index contributed by atoms with van der Waals surface area (Å²) in [6.45, 7) is 1.87. The first kappa shape index (κ1) is 14.0. The van der Waals surface area contributed by atoms with Crippen LogP contribution in [0.2, 0.25) is 0 Å². The Morgan fingerprint density at radius 3 is 2.90 bits per heavy atom. The van der Waals surface area contributed by atoms with Gasteiger partial charge in [-0.3, -0.25) is 4.79 Å². The van der Waals surface area contributed by atoms with Crippen molar-refractivity contribution in [1.29, 1.82) is 5.26 Å². The van der Waals surface area contributed by atoms with Crippen molar-refractivity contribution in [3.05, 3.63) is 51.5 Å². The van der Waals surface area contributed by atoms with Crippen LogP contribution in [-0.4, -0.2) is 17.9 Å². The molecule has 1 aromatic heterocycles. The van der Waals surface area contributed by atoms with Crippen LogP contribution in [0.25, 0.3) is 6.08 Å². The first-order valence-corrected chi connectivity index (χ1v) is 6.74. The van der Waals surface area contributed by atoms with Gasteiger partial charge in [0.1, 0.15) is 17.4 Å². The number of methoxy groups -OCH3 is 1. The molecule has 0 unspecified atom stereocenters. The molecule has 20 heavy (non-hydrogen) atoms. The van der Waals surface area contributed by atoms with Crippen molar-refractivity contribution in [3.63, 3.8) is 0 Å². The average Bonchev–Trinajstić information content (AvgIpc) is 2.89. The lowest BCUT2D eigenvalue weighted by Gasteiger charge is -2.02. The van der Waals surface area contributed by atoms with Gasteiger partial charge in [-0.25, -0.2) is 4.98 Å². The van der Waals surface area contributed by atoms with Crippen molar-refractivity contribution in [3.8, 4) is 11.8 Å². The van der Waals surface area contributed by atoms with Gasteiger partial charge in [0, 0.05) is 10.9 Å². The van der Waals surface area contributed by atoms with Crippen LogP contribution in [0.15, 0.2) is 35.2 Å². The highest BCUT2D eigenvalue weighted by Crippen LogP contribution is 2.18. The van der Waals surface area contributed by atoms with Crippen LogP contribution >= 0.6 is 11.3 Å². The van der Waals surface area contributed by atoms with Gasteiger partial charge >= 0.3 is 0 Å². The lowest BCUT2D eigenvalue weighted by atomic mass is 10.0. The predicted molar refractivity (Wildman–Crippen MR) is 77.8 cm³/mol. The molecule has 0 saturated carbocycles. The summed E-state index contributed by atoms with van der Waals surface area (Å²) in [6, 6.07) is 8.66. The first-order valence-electron chi connectivity index (χ1n) is 5.86. The molecule has 0 aliphatic heterocycles. The van der Waals surface area contributed by atoms with Gasteiger partial charge in [0.05, 0.1) is 17.8 Å². The van der Waals surface area contributed by atoms with Gasteiger partial charge in [-0.2, -0.15) is 5.26 Å². The van der Waals surface area contributed by atoms with Crippen LogP contribution in [-0.2, 0) is 0 Å². The van der Waals surface area contributed by atoms with Gasteiger partial charge < -0.3 is 4.74 Å². The fourth-order valence-electron chi connectivity index (χ4n) is 1.66. The van der Waals surface area contributed by atoms with Crippen molar-refractivity contribution in [2.24, 2.45) is 0 Å². The van der Waals surface area contributed by atoms with Gasteiger partial charge in [-0.1, -0.05) is 12.1 Å². The number of carbonyl (C=O) groups is 1. The maximum Gasteiger partial charge on any atom is 0.203 e. The van der Waals surface area contributed by atoms with E-state index in [9.17, 15) is 4.79 Å². The Hall–Kier alpha value is -2.45. The summed E-state index contributed by atoms with van der Waals surface area (Å²) in [7, 11) is 1.53. The molecule has 0 radical (unpaired) electrons. The molecule has 5 heteroatoms. The Bertz CT molecular complexity index is 711. The second-order valence-corrected chi connectivity index (χ2v) is 5.08. The Balaban J connectivity index is 2.34. The minimum atomic E-state index is -0.336. The highest BCUT2D eigenvalue weighted by atomic mass is 32.1. The van der Waals surface area contributed by atoms with Gasteiger partial charge in [0.15, 0.2) is 0 Å². The largest absolute Gasteiger partial charge is 0.497 e. The zero-order valence-corrected chi connectivity index (χ0v) is 11.9. The Morgan fingerprint density at radius 1 is 1.50 bits per heavy atom. The van der Waals surface area contributed by atoms with Gasteiger partial charge in [0.25, 0.3) is 0 Å². The number of nitriles is 1. The minimum absolute atomic E-state index is 0.0588. The van der Waals surface area contributed by atoms with E-state index >= 15 is 0 Å². The number of carbonyl (C=O) groups excluding carboxylic acids is 1. The highest BCUT2D eigenvalue weighted by Gasteiger charge is 2.13. The maximum atomic E-state index is 12.3. The normalized spacial score (nSPS) is 10.9. The molecule has 0 amide bonds. The van der Waals surface area contributed by atoms with E-state index in [1.807, 2.05) is 18.4 Å². The number of ketones is 1. The van der Waals surface area contributed by atoms with E-state index < -0.39 is 0 Å². The van der Waals surface area contributed by atoms with Crippen LogP contribution in [0.5, 0.6) is 5.75 Å². The quantitative estimate of drug-likeness (QED) is 0.491. The first-order chi connectivity index (χ1) is 9.63. The minimum Gasteiger partial charge on any atom is -0.497 e. The number of ether oxygens (including phenoxy) is 1. The monoisotopic (exact) mass is 284 g/mol. The van der Waals surface area contributed by atoms with Crippen molar-refractivity contribution in [1.82, 2.24) is 4.98 Å². The molecule has 2 aromatic rings. The molecule has 0 bridgehead atoms. The summed E-state index contributed by atoms with van der Waals surface area (Å²) in [4.78, 5) is 16.5. The van der Waals surface area contributed by atoms with E-state index in [0.29, 0.717) is 17.0 Å². The number of aromatic nitrogens is 1. The Kier molecular flexibility index (Phi) is 4.28. The van der Waals surface area contributed by atoms with E-state index in [2.05, 4.69) is 4.98 Å². The highest BCUT2D eigenvalue weighted by molar-refractivity contribution is 7.09. The van der Waals surface area contributed by atoms with E-state index in [4.69, 9.17) is 10.00 Å². The molecule has 0 fully saturated rings. The smallest absolute Gasteiger partial charge is 0.203 e. The second kappa shape index (κ2) is 6.13. The molecule has 1 aromatic carbocycles. The molecule has 0 saturated heterocycles. The van der Waals surface area contributed by atoms with Gasteiger partial charge in [-0.05, 0) is 25.1 Å². The van der Waals surface area contributed by atoms with Crippen LogP contribution in [0, 0.1) is 18.3 Å². The third-order valence-corrected chi connectivity index (χ3v) is 3.42. The van der Waals surface area contributed by atoms with Crippen LogP contribution < -0.4 is 4.74 Å². The number of aryl methyl sites for hydroxylation is 1. The summed E-state index contributed by atoms with van der Waals surface area (Å²) in [6.07, 6.45) is 1.51. The van der Waals surface area contributed by atoms with Gasteiger partial charge in [-0.15, -0.1) is 11.3 Å². The van der Waals surface area contributed by atoms with Gasteiger partial charge in [0.2, 0.25) is 5.78 Å². The lowest BCUT2D eigenvalue weighted by Crippen LogP contribution is -2.02. The zero-order valence-electron chi connectivity index (χ0n) is 11.1. The molecular formula is C15H12N2O2S. The topological polar surface area (TPSA) is 63.0 Å². The molecule has 100 valence electrons. The average molecular weight is 284 g/mol. The predicted octanol–water partition coefficient (Wildman–Crippen LogP) is 3.25. The molecule has 0 N–H and O–H groups in total. The fourth-order valence-corrected chi connectivity index (χ4v) is 2.23. The standard InChI is InChI=1S/C15H12N2O2S/c1-10-17-13(9-20-10)6-12(8-16)15(18)11-4-3-5-14(7-11)19-2/h3-7,9H,1-2H3/b12-6+. The summed E-state index contributed by atoms with van der Waals surface area (Å²) in [5.41, 5.74) is 1.10. The number of nitrogens with zero attached hydrogens (tertiary/aromatic N) is 2. The van der Waals surface area contributed by atoms with Crippen LogP contribution in [0.3, 0.4) is 0 Å². The molecule has 0 atom stereocenters. The van der Waals surface area contributed by atoms with E-state index in [1.54, 1.807) is 24.3 Å². The van der Waals surface area contributed by atoms with Crippen LogP contribution in [0.4, 0.5) is 0 Å². The molecule has 4 nitrogen and oxygen atoms in total. The Labute approximate surface area is 121 Å². The number of benzene rings is 1. The maximum absolute atomic E-state index is 12.3. The number of hydrogen-bond acceptors (Lipinski definition) is 5. The number of hydrogen-bond donors (Lipinski definition) is 0. The lowest BCUT2D eigenvalue weighted by molar-refractivity contribution is 0.103. The molecule has 0 spiro atoms. The Morgan fingerprint density at radius 2 is 2.30 bits per heavy atom. The van der Waals surface area contributed by atoms with Crippen LogP contribution in [0.1, 0.15) is 21.1 Å². The summed E-state index contributed by atoms with van der Waals surface area (Å²) >= 11 is 1.47. The third-order valence-electron chi connectivity index (χ3n) is 2.63. The molecule has 0 aliphatic carbocycles. The second-order valence-electron chi connectivity index (χ2n) is 4.02. The fraction of sp³-hybridized carbons (Fsp3) is 0.133. The zero-order chi connectivity index (χ0) is 14.5. The number of rotatable bonds is 4. The summed E-state index contributed by atoms with van der Waals surface area (Å²) < 4.78 is 5.07. The third kappa shape index (κ3) is 3.11. The molecule has 1 heterocycles. The molecule has 2 rings (SSSR count). The van der Waals surface area contributed by atoms with Crippen molar-refractivity contribution in [2.75, 3.05) is 7.11 Å². The van der Waals surface area contributed by atoms with E-state index in [-0.39, 0.29) is 11.4 Å². The molecular weight excluding hydrogens is 272 g/mol. The van der Waals surface area contributed by atoms with Crippen molar-refractivity contribution in [2.45, 2.75) is 6.92 Å². The number of thiazole rings is 1. The number of allylic oxidation sites excluding steroid dienone is 1. The summed E-state index contributed by atoms with van der Waals surface area (Å²) in [5.74, 6) is 0.245. The van der Waals surface area contributed by atoms with Crippen molar-refractivity contribution >= 4 is 23.2 Å². The van der Waals surface area contributed by atoms with E-state index in [1.165, 1.54) is 24.5 Å². The SMILES string of the molecule is COc1cccc(C(=O)/C(C#N)=C/c2csc(C)n2)c1. The number of Topliss-reactive ketones (excluding diaryl/α,β-unsaturated/α-hetero) is 1.